The van der Waals surface area contributed by atoms with E-state index in [0.717, 1.165) is 31.8 Å². The van der Waals surface area contributed by atoms with Crippen LogP contribution in [0.5, 0.6) is 0 Å². The van der Waals surface area contributed by atoms with Gasteiger partial charge in [0.05, 0.1) is 6.20 Å². The summed E-state index contributed by atoms with van der Waals surface area (Å²) in [5.74, 6) is -2.11. The summed E-state index contributed by atoms with van der Waals surface area (Å²) in [5, 5.41) is 10.5. The van der Waals surface area contributed by atoms with Gasteiger partial charge in [0.2, 0.25) is 0 Å². The second kappa shape index (κ2) is 13.2. The van der Waals surface area contributed by atoms with Gasteiger partial charge in [-0.2, -0.15) is 13.2 Å². The van der Waals surface area contributed by atoms with Crippen molar-refractivity contribution in [2.75, 3.05) is 6.61 Å². The number of carbonyl (C=O) groups excluding carboxylic acids is 3. The van der Waals surface area contributed by atoms with Gasteiger partial charge < -0.3 is 18.9 Å². The molecular weight excluding hydrogens is 695 g/mol. The molecule has 0 N–H and O–H groups in total. The van der Waals surface area contributed by atoms with Crippen LogP contribution in [0.4, 0.5) is 13.2 Å². The van der Waals surface area contributed by atoms with Crippen LogP contribution in [0.2, 0.25) is 5.15 Å². The number of halogens is 5. The zero-order valence-electron chi connectivity index (χ0n) is 21.7. The van der Waals surface area contributed by atoms with Crippen LogP contribution in [0.15, 0.2) is 33.2 Å². The summed E-state index contributed by atoms with van der Waals surface area (Å²) in [7, 11) is 0. The van der Waals surface area contributed by atoms with Gasteiger partial charge in [0.25, 0.3) is 0 Å². The van der Waals surface area contributed by atoms with Crippen LogP contribution in [0, 0.1) is 0 Å². The topological polar surface area (TPSA) is 145 Å². The highest BCUT2D eigenvalue weighted by molar-refractivity contribution is 9.10. The van der Waals surface area contributed by atoms with E-state index in [1.54, 1.807) is 5.38 Å². The molecule has 1 saturated heterocycles. The summed E-state index contributed by atoms with van der Waals surface area (Å²) < 4.78 is 63.3. The number of rotatable bonds is 8. The van der Waals surface area contributed by atoms with E-state index >= 15 is 0 Å². The van der Waals surface area contributed by atoms with E-state index < -0.39 is 59.6 Å². The molecule has 1 fully saturated rings. The van der Waals surface area contributed by atoms with Crippen LogP contribution >= 0.6 is 50.6 Å². The van der Waals surface area contributed by atoms with Crippen molar-refractivity contribution in [2.45, 2.75) is 61.6 Å². The Morgan fingerprint density at radius 1 is 1.17 bits per heavy atom. The number of nitrogens with zero attached hydrogens (tertiary/aromatic N) is 5. The molecule has 3 aromatic rings. The molecule has 1 aliphatic heterocycles. The molecule has 0 radical (unpaired) electrons. The largest absolute Gasteiger partial charge is 0.463 e. The summed E-state index contributed by atoms with van der Waals surface area (Å²) >= 11 is 10.9. The third-order valence-electron chi connectivity index (χ3n) is 5.52. The zero-order valence-corrected chi connectivity index (χ0v) is 25.7. The molecule has 226 valence electrons. The molecule has 4 rings (SSSR count). The predicted molar refractivity (Wildman–Crippen MR) is 144 cm³/mol. The van der Waals surface area contributed by atoms with E-state index in [9.17, 15) is 27.6 Å². The van der Waals surface area contributed by atoms with Crippen molar-refractivity contribution in [1.82, 2.24) is 25.0 Å². The fraction of sp³-hybridized carbons (Fsp3) is 0.435. The average Bonchev–Trinajstić information content (AvgIpc) is 3.52. The van der Waals surface area contributed by atoms with Gasteiger partial charge in [-0.25, -0.2) is 14.6 Å². The maximum absolute atomic E-state index is 13.3. The lowest BCUT2D eigenvalue weighted by atomic mass is 9.96. The first-order chi connectivity index (χ1) is 19.7. The predicted octanol–water partition coefficient (Wildman–Crippen LogP) is 4.72. The number of hydrogen-bond donors (Lipinski definition) is 0. The van der Waals surface area contributed by atoms with Gasteiger partial charge in [-0.15, -0.1) is 16.4 Å². The molecule has 3 aromatic heterocycles. The molecule has 0 amide bonds. The zero-order chi connectivity index (χ0) is 30.8. The van der Waals surface area contributed by atoms with Crippen molar-refractivity contribution in [3.05, 3.63) is 39.2 Å². The van der Waals surface area contributed by atoms with Crippen LogP contribution in [0.25, 0.3) is 10.7 Å². The first-order valence-electron chi connectivity index (χ1n) is 11.8. The van der Waals surface area contributed by atoms with Gasteiger partial charge in [0.15, 0.2) is 17.9 Å². The molecule has 19 heteroatoms. The van der Waals surface area contributed by atoms with Crippen LogP contribution in [-0.4, -0.2) is 73.2 Å². The number of alkyl halides is 3. The minimum absolute atomic E-state index is 0.213. The quantitative estimate of drug-likeness (QED) is 0.235. The number of aromatic nitrogens is 5. The molecule has 0 saturated carbocycles. The molecule has 4 heterocycles. The summed E-state index contributed by atoms with van der Waals surface area (Å²) in [6.07, 6.45) is -5.84. The maximum Gasteiger partial charge on any atom is 0.434 e. The maximum atomic E-state index is 13.3. The van der Waals surface area contributed by atoms with Crippen molar-refractivity contribution in [3.63, 3.8) is 0 Å². The second-order valence-corrected chi connectivity index (χ2v) is 11.9. The Bertz CT molecular complexity index is 1480. The van der Waals surface area contributed by atoms with Gasteiger partial charge in [-0.1, -0.05) is 28.6 Å². The van der Waals surface area contributed by atoms with E-state index in [-0.39, 0.29) is 21.1 Å². The number of esters is 3. The van der Waals surface area contributed by atoms with Gasteiger partial charge in [-0.05, 0) is 22.0 Å². The Morgan fingerprint density at radius 3 is 2.43 bits per heavy atom. The molecule has 0 spiro atoms. The lowest BCUT2D eigenvalue weighted by Crippen LogP contribution is -2.57. The Labute approximate surface area is 257 Å². The lowest BCUT2D eigenvalue weighted by Gasteiger charge is -2.44. The van der Waals surface area contributed by atoms with Crippen LogP contribution in [0.1, 0.15) is 32.5 Å². The molecule has 1 aliphatic rings. The van der Waals surface area contributed by atoms with Gasteiger partial charge in [0.1, 0.15) is 40.0 Å². The minimum atomic E-state index is -4.70. The van der Waals surface area contributed by atoms with E-state index in [4.69, 9.17) is 30.5 Å². The van der Waals surface area contributed by atoms with Gasteiger partial charge >= 0.3 is 24.1 Å². The monoisotopic (exact) mass is 713 g/mol. The molecular formula is C23H20BrClF3N5O7S2. The molecule has 42 heavy (non-hydrogen) atoms. The molecule has 0 unspecified atom stereocenters. The molecule has 5 atom stereocenters. The summed E-state index contributed by atoms with van der Waals surface area (Å²) in [5.41, 5.74) is -1.97. The fourth-order valence-corrected chi connectivity index (χ4v) is 6.74. The van der Waals surface area contributed by atoms with E-state index in [2.05, 4.69) is 36.2 Å². The highest BCUT2D eigenvalue weighted by Gasteiger charge is 2.52. The Balaban J connectivity index is 1.79. The van der Waals surface area contributed by atoms with Crippen molar-refractivity contribution in [2.24, 2.45) is 0 Å². The highest BCUT2D eigenvalue weighted by atomic mass is 79.9. The molecule has 0 bridgehead atoms. The van der Waals surface area contributed by atoms with E-state index in [0.29, 0.717) is 10.7 Å². The number of thioether (sulfide) groups is 1. The number of hydrogen-bond acceptors (Lipinski definition) is 13. The molecule has 12 nitrogen and oxygen atoms in total. The van der Waals surface area contributed by atoms with E-state index in [1.165, 1.54) is 35.2 Å². The lowest BCUT2D eigenvalue weighted by molar-refractivity contribution is -0.212. The smallest absolute Gasteiger partial charge is 0.434 e. The van der Waals surface area contributed by atoms with Crippen molar-refractivity contribution in [3.8, 4) is 10.7 Å². The third kappa shape index (κ3) is 7.77. The van der Waals surface area contributed by atoms with Gasteiger partial charge in [0, 0.05) is 41.7 Å². The van der Waals surface area contributed by atoms with Gasteiger partial charge in [-0.3, -0.25) is 14.4 Å². The number of ether oxygens (including phenoxy) is 4. The SMILES string of the molecule is CC(=O)OC[C@H]1O[C@H](Sc2cnc(C(F)(F)F)c(Br)c2)[C@H](OC(C)=O)[C@@H](n2cc(-c3nc(Cl)cs3)nn2)[C@H]1OC(C)=O. The fourth-order valence-electron chi connectivity index (χ4n) is 4.00. The van der Waals surface area contributed by atoms with Crippen LogP contribution in [-0.2, 0) is 39.5 Å². The second-order valence-electron chi connectivity index (χ2n) is 8.66. The number of thiazole rings is 1. The Hall–Kier alpha value is -2.80. The standard InChI is InChI=1S/C23H20BrClF3N5O7S2/c1-9(34)37-7-15-18(38-10(2)35)17(33-6-14(31-32-33)21-30-16(25)8-41-21)19(39-11(3)36)22(40-15)42-12-4-13(24)20(29-5-12)23(26,27)28/h4-6,8,15,17-19,22H,7H2,1-3H3/t15-,17+,18+,19-,22-/m1/s1. The minimum Gasteiger partial charge on any atom is -0.463 e. The Kier molecular flexibility index (Phi) is 10.1. The molecule has 0 aromatic carbocycles. The van der Waals surface area contributed by atoms with E-state index in [1.807, 2.05) is 0 Å². The third-order valence-corrected chi connectivity index (χ3v) is 8.42. The number of pyridine rings is 1. The van der Waals surface area contributed by atoms with Crippen molar-refractivity contribution in [1.29, 1.82) is 0 Å². The van der Waals surface area contributed by atoms with Crippen LogP contribution in [0.3, 0.4) is 0 Å². The first kappa shape index (κ1) is 32.1. The summed E-state index contributed by atoms with van der Waals surface area (Å²) in [6, 6.07) is 0.0787. The van der Waals surface area contributed by atoms with Crippen molar-refractivity contribution >= 4 is 68.5 Å². The first-order valence-corrected chi connectivity index (χ1v) is 14.7. The normalized spacial score (nSPS) is 22.4. The highest BCUT2D eigenvalue weighted by Crippen LogP contribution is 2.43. The molecule has 0 aliphatic carbocycles. The Morgan fingerprint density at radius 2 is 1.86 bits per heavy atom. The average molecular weight is 715 g/mol. The summed E-state index contributed by atoms with van der Waals surface area (Å²) in [4.78, 5) is 44.0. The van der Waals surface area contributed by atoms with Crippen LogP contribution < -0.4 is 0 Å². The number of carbonyl (C=O) groups is 3. The van der Waals surface area contributed by atoms with Crippen molar-refractivity contribution < 1.29 is 46.5 Å². The summed E-state index contributed by atoms with van der Waals surface area (Å²) in [6.45, 7) is 3.08.